The number of carbonyl (C=O) groups excluding carboxylic acids is 1. The van der Waals surface area contributed by atoms with Crippen LogP contribution in [0.2, 0.25) is 0 Å². The van der Waals surface area contributed by atoms with Crippen LogP contribution in [-0.2, 0) is 4.79 Å². The highest BCUT2D eigenvalue weighted by atomic mass is 16.3. The maximum atomic E-state index is 11.1. The summed E-state index contributed by atoms with van der Waals surface area (Å²) in [4.78, 5) is 11.1. The van der Waals surface area contributed by atoms with E-state index in [9.17, 15) is 4.79 Å². The molecule has 0 aromatic rings. The molecule has 0 aromatic carbocycles. The van der Waals surface area contributed by atoms with Crippen molar-refractivity contribution in [1.29, 1.82) is 0 Å². The molecule has 0 spiro atoms. The number of hydrogen-bond donors (Lipinski definition) is 1. The second-order valence-electron chi connectivity index (χ2n) is 2.77. The summed E-state index contributed by atoms with van der Waals surface area (Å²) >= 11 is 0. The molecule has 0 amide bonds. The van der Waals surface area contributed by atoms with Crippen molar-refractivity contribution in [2.45, 2.75) is 32.3 Å². The van der Waals surface area contributed by atoms with Gasteiger partial charge >= 0.3 is 0 Å². The Kier molecular flexibility index (Phi) is 3.07. The maximum Gasteiger partial charge on any atom is 0.162 e. The maximum absolute atomic E-state index is 11.1. The molecule has 0 aromatic heterocycles. The molecular formula is C10H12O2. The molecule has 12 heavy (non-hydrogen) atoms. The van der Waals surface area contributed by atoms with Crippen molar-refractivity contribution >= 4 is 5.78 Å². The molecule has 1 unspecified atom stereocenters. The Bertz CT molecular complexity index is 265. The van der Waals surface area contributed by atoms with Crippen LogP contribution in [0.1, 0.15) is 26.2 Å². The van der Waals surface area contributed by atoms with Crippen molar-refractivity contribution in [2.75, 3.05) is 0 Å². The van der Waals surface area contributed by atoms with E-state index < -0.39 is 6.10 Å². The highest BCUT2D eigenvalue weighted by Crippen LogP contribution is 2.16. The van der Waals surface area contributed by atoms with Gasteiger partial charge < -0.3 is 5.11 Å². The third-order valence-corrected chi connectivity index (χ3v) is 1.73. The first-order valence-corrected chi connectivity index (χ1v) is 4.11. The van der Waals surface area contributed by atoms with Gasteiger partial charge in [0.1, 0.15) is 0 Å². The molecule has 2 nitrogen and oxygen atoms in total. The molecule has 0 radical (unpaired) electrons. The molecule has 1 rings (SSSR count). The highest BCUT2D eigenvalue weighted by Gasteiger charge is 2.20. The van der Waals surface area contributed by atoms with Crippen molar-refractivity contribution in [2.24, 2.45) is 0 Å². The standard InChI is InChI=1S/C10H12O2/c1-2-3-4-5-8-6-9(11)7-10(8)12/h6,9,11H,2,5,7H2,1H3. The van der Waals surface area contributed by atoms with Gasteiger partial charge in [-0.1, -0.05) is 12.8 Å². The van der Waals surface area contributed by atoms with Crippen LogP contribution in [0.15, 0.2) is 11.6 Å². The first-order valence-electron chi connectivity index (χ1n) is 4.11. The van der Waals surface area contributed by atoms with Crippen LogP contribution in [0.3, 0.4) is 0 Å². The second-order valence-corrected chi connectivity index (χ2v) is 2.77. The number of rotatable bonds is 1. The third kappa shape index (κ3) is 2.21. The van der Waals surface area contributed by atoms with Gasteiger partial charge in [0, 0.05) is 24.8 Å². The molecule has 0 fully saturated rings. The molecular weight excluding hydrogens is 152 g/mol. The SMILES string of the molecule is CCC#CCC1=CC(O)CC1=O. The molecule has 0 saturated heterocycles. The lowest BCUT2D eigenvalue weighted by Crippen LogP contribution is -2.00. The van der Waals surface area contributed by atoms with Gasteiger partial charge in [0.05, 0.1) is 6.10 Å². The molecule has 0 saturated carbocycles. The van der Waals surface area contributed by atoms with Crippen LogP contribution < -0.4 is 0 Å². The fraction of sp³-hybridized carbons (Fsp3) is 0.500. The quantitative estimate of drug-likeness (QED) is 0.588. The van der Waals surface area contributed by atoms with E-state index in [1.807, 2.05) is 6.92 Å². The predicted octanol–water partition coefficient (Wildman–Crippen LogP) is 1.05. The van der Waals surface area contributed by atoms with E-state index in [1.165, 1.54) is 0 Å². The summed E-state index contributed by atoms with van der Waals surface area (Å²) in [6, 6.07) is 0. The van der Waals surface area contributed by atoms with Crippen LogP contribution in [0.25, 0.3) is 0 Å². The Hall–Kier alpha value is -1.07. The van der Waals surface area contributed by atoms with Crippen molar-refractivity contribution in [3.05, 3.63) is 11.6 Å². The van der Waals surface area contributed by atoms with E-state index >= 15 is 0 Å². The minimum Gasteiger partial charge on any atom is -0.389 e. The molecule has 0 heterocycles. The van der Waals surface area contributed by atoms with E-state index in [1.54, 1.807) is 6.08 Å². The van der Waals surface area contributed by atoms with Gasteiger partial charge in [-0.25, -0.2) is 0 Å². The summed E-state index contributed by atoms with van der Waals surface area (Å²) in [6.07, 6.45) is 2.57. The lowest BCUT2D eigenvalue weighted by molar-refractivity contribution is -0.115. The Balaban J connectivity index is 2.52. The zero-order chi connectivity index (χ0) is 8.97. The minimum atomic E-state index is -0.573. The van der Waals surface area contributed by atoms with Gasteiger partial charge in [-0.3, -0.25) is 4.79 Å². The van der Waals surface area contributed by atoms with Crippen molar-refractivity contribution in [3.63, 3.8) is 0 Å². The lowest BCUT2D eigenvalue weighted by atomic mass is 10.1. The van der Waals surface area contributed by atoms with E-state index in [4.69, 9.17) is 5.11 Å². The number of aliphatic hydroxyl groups is 1. The van der Waals surface area contributed by atoms with Crippen molar-refractivity contribution in [1.82, 2.24) is 0 Å². The average Bonchev–Trinajstić information content (AvgIpc) is 2.31. The molecule has 1 N–H and O–H groups in total. The number of Topliss-reactive ketones (excluding diaryl/α,β-unsaturated/α-hetero) is 1. The fourth-order valence-electron chi connectivity index (χ4n) is 1.15. The zero-order valence-electron chi connectivity index (χ0n) is 7.13. The van der Waals surface area contributed by atoms with Crippen LogP contribution >= 0.6 is 0 Å². The second kappa shape index (κ2) is 4.08. The van der Waals surface area contributed by atoms with Gasteiger partial charge in [0.2, 0.25) is 0 Å². The lowest BCUT2D eigenvalue weighted by Gasteiger charge is -1.90. The first kappa shape index (κ1) is 9.02. The number of aliphatic hydroxyl groups excluding tert-OH is 1. The van der Waals surface area contributed by atoms with E-state index in [0.717, 1.165) is 6.42 Å². The average molecular weight is 164 g/mol. The normalized spacial score (nSPS) is 21.7. The monoisotopic (exact) mass is 164 g/mol. The highest BCUT2D eigenvalue weighted by molar-refractivity contribution is 5.98. The summed E-state index contributed by atoms with van der Waals surface area (Å²) in [5.41, 5.74) is 0.670. The predicted molar refractivity (Wildman–Crippen MR) is 46.4 cm³/mol. The van der Waals surface area contributed by atoms with Crippen LogP contribution in [-0.4, -0.2) is 17.0 Å². The number of carbonyl (C=O) groups is 1. The molecule has 2 heteroatoms. The van der Waals surface area contributed by atoms with E-state index in [-0.39, 0.29) is 12.2 Å². The first-order chi connectivity index (χ1) is 5.74. The summed E-state index contributed by atoms with van der Waals surface area (Å²) in [7, 11) is 0. The van der Waals surface area contributed by atoms with Gasteiger partial charge in [-0.2, -0.15) is 0 Å². The van der Waals surface area contributed by atoms with Crippen molar-refractivity contribution in [3.8, 4) is 11.8 Å². The molecule has 64 valence electrons. The summed E-state index contributed by atoms with van der Waals surface area (Å²) in [5.74, 6) is 5.80. The fourth-order valence-corrected chi connectivity index (χ4v) is 1.15. The van der Waals surface area contributed by atoms with Gasteiger partial charge in [-0.15, -0.1) is 5.92 Å². The van der Waals surface area contributed by atoms with Gasteiger partial charge in [0.15, 0.2) is 5.78 Å². The van der Waals surface area contributed by atoms with Crippen LogP contribution in [0.4, 0.5) is 0 Å². The number of ketones is 1. The molecule has 0 aliphatic heterocycles. The smallest absolute Gasteiger partial charge is 0.162 e. The third-order valence-electron chi connectivity index (χ3n) is 1.73. The largest absolute Gasteiger partial charge is 0.389 e. The Labute approximate surface area is 72.3 Å². The summed E-state index contributed by atoms with van der Waals surface area (Å²) in [5, 5.41) is 9.08. The minimum absolute atomic E-state index is 0.0351. The van der Waals surface area contributed by atoms with E-state index in [0.29, 0.717) is 12.0 Å². The molecule has 1 atom stereocenters. The summed E-state index contributed by atoms with van der Waals surface area (Å²) in [6.45, 7) is 1.96. The Morgan fingerprint density at radius 2 is 2.42 bits per heavy atom. The number of hydrogen-bond acceptors (Lipinski definition) is 2. The molecule has 0 bridgehead atoms. The van der Waals surface area contributed by atoms with Gasteiger partial charge in [0.25, 0.3) is 0 Å². The topological polar surface area (TPSA) is 37.3 Å². The molecule has 1 aliphatic rings. The van der Waals surface area contributed by atoms with Gasteiger partial charge in [-0.05, 0) is 6.08 Å². The Morgan fingerprint density at radius 3 is 2.92 bits per heavy atom. The molecule has 1 aliphatic carbocycles. The number of allylic oxidation sites excluding steroid dienone is 1. The van der Waals surface area contributed by atoms with Crippen LogP contribution in [0, 0.1) is 11.8 Å². The summed E-state index contributed by atoms with van der Waals surface area (Å²) < 4.78 is 0. The van der Waals surface area contributed by atoms with Crippen molar-refractivity contribution < 1.29 is 9.90 Å². The van der Waals surface area contributed by atoms with Crippen LogP contribution in [0.5, 0.6) is 0 Å². The zero-order valence-corrected chi connectivity index (χ0v) is 7.13. The van der Waals surface area contributed by atoms with E-state index in [2.05, 4.69) is 11.8 Å². The Morgan fingerprint density at radius 1 is 1.67 bits per heavy atom.